The van der Waals surface area contributed by atoms with Crippen molar-refractivity contribution in [1.29, 1.82) is 0 Å². The van der Waals surface area contributed by atoms with Gasteiger partial charge in [0.2, 0.25) is 0 Å². The number of fused-ring (bicyclic) bond motifs is 7. The Morgan fingerprint density at radius 1 is 0.579 bits per heavy atom. The Labute approximate surface area is 341 Å². The van der Waals surface area contributed by atoms with Gasteiger partial charge in [0, 0.05) is 50.9 Å². The number of benzene rings is 6. The third-order valence-corrected chi connectivity index (χ3v) is 14.3. The molecule has 3 heterocycles. The van der Waals surface area contributed by atoms with E-state index in [1.807, 2.05) is 0 Å². The molecule has 2 atom stereocenters. The first-order valence-corrected chi connectivity index (χ1v) is 21.3. The quantitative estimate of drug-likeness (QED) is 0.166. The molecule has 0 amide bonds. The van der Waals surface area contributed by atoms with E-state index < -0.39 is 0 Å². The lowest BCUT2D eigenvalue weighted by Gasteiger charge is -2.53. The summed E-state index contributed by atoms with van der Waals surface area (Å²) in [5.74, 6) is 0. The lowest BCUT2D eigenvalue weighted by molar-refractivity contribution is 0.195. The third-order valence-electron chi connectivity index (χ3n) is 14.3. The highest BCUT2D eigenvalue weighted by molar-refractivity contribution is 7.00. The second kappa shape index (κ2) is 12.4. The van der Waals surface area contributed by atoms with Crippen LogP contribution in [0.3, 0.4) is 0 Å². The van der Waals surface area contributed by atoms with Crippen molar-refractivity contribution in [3.63, 3.8) is 0 Å². The summed E-state index contributed by atoms with van der Waals surface area (Å²) in [6.45, 7) is 21.8. The zero-order valence-corrected chi connectivity index (χ0v) is 35.4. The fourth-order valence-electron chi connectivity index (χ4n) is 11.0. The van der Waals surface area contributed by atoms with Crippen LogP contribution in [-0.2, 0) is 16.2 Å². The molecule has 0 saturated heterocycles. The number of hydrogen-bond acceptors (Lipinski definition) is 3. The van der Waals surface area contributed by atoms with Crippen molar-refractivity contribution in [2.75, 3.05) is 14.7 Å². The molecule has 6 aromatic carbocycles. The van der Waals surface area contributed by atoms with Gasteiger partial charge in [-0.1, -0.05) is 122 Å². The van der Waals surface area contributed by atoms with Crippen LogP contribution in [0.2, 0.25) is 0 Å². The molecular weight excluding hydrogens is 689 g/mol. The molecule has 1 fully saturated rings. The summed E-state index contributed by atoms with van der Waals surface area (Å²) in [5.41, 5.74) is 20.1. The Morgan fingerprint density at radius 2 is 1.23 bits per heavy atom. The van der Waals surface area contributed by atoms with Gasteiger partial charge in [0.1, 0.15) is 0 Å². The first-order chi connectivity index (χ1) is 27.2. The van der Waals surface area contributed by atoms with Crippen LogP contribution in [0, 0.1) is 6.92 Å². The van der Waals surface area contributed by atoms with Crippen LogP contribution in [0.15, 0.2) is 127 Å². The molecule has 4 heteroatoms. The van der Waals surface area contributed by atoms with Crippen molar-refractivity contribution in [1.82, 2.24) is 0 Å². The summed E-state index contributed by atoms with van der Waals surface area (Å²) in [5, 5.41) is 0. The average molecular weight is 746 g/mol. The molecular formula is C53H56BN3. The minimum absolute atomic E-state index is 0.00690. The Bertz CT molecular complexity index is 2520. The molecule has 1 aliphatic carbocycles. The number of anilines is 8. The van der Waals surface area contributed by atoms with Crippen molar-refractivity contribution < 1.29 is 0 Å². The van der Waals surface area contributed by atoms with Gasteiger partial charge in [-0.2, -0.15) is 0 Å². The van der Waals surface area contributed by atoms with Gasteiger partial charge >= 0.3 is 0 Å². The molecule has 1 saturated carbocycles. The third kappa shape index (κ3) is 5.25. The maximum absolute atomic E-state index is 2.87. The number of nitrogens with zero attached hydrogens (tertiary/aromatic N) is 3. The van der Waals surface area contributed by atoms with Gasteiger partial charge in [-0.05, 0) is 143 Å². The Kier molecular flexibility index (Phi) is 7.86. The number of aryl methyl sites for hydroxylation is 1. The SMILES string of the molecule is Cc1cc2c3c(c1)N1c4c(cc(C(C)(C)C)cc4C4(C)CCCCC14C)B3c1cc(N(c3ccccc3)c3ccccc3)ccc1N2c1cccc(C(C)(C)C)c1. The van der Waals surface area contributed by atoms with Crippen molar-refractivity contribution in [2.24, 2.45) is 0 Å². The highest BCUT2D eigenvalue weighted by Crippen LogP contribution is 2.62. The first kappa shape index (κ1) is 36.1. The predicted molar refractivity (Wildman–Crippen MR) is 245 cm³/mol. The zero-order chi connectivity index (χ0) is 39.6. The van der Waals surface area contributed by atoms with E-state index in [-0.39, 0.29) is 28.5 Å². The topological polar surface area (TPSA) is 9.72 Å². The van der Waals surface area contributed by atoms with E-state index in [4.69, 9.17) is 0 Å². The molecule has 57 heavy (non-hydrogen) atoms. The summed E-state index contributed by atoms with van der Waals surface area (Å²) in [7, 11) is 0. The van der Waals surface area contributed by atoms with Crippen molar-refractivity contribution >= 4 is 68.6 Å². The molecule has 2 unspecified atom stereocenters. The minimum atomic E-state index is -0.0259. The molecule has 0 spiro atoms. The van der Waals surface area contributed by atoms with Crippen LogP contribution in [-0.4, -0.2) is 12.3 Å². The van der Waals surface area contributed by atoms with Gasteiger partial charge < -0.3 is 14.7 Å². The second-order valence-electron chi connectivity index (χ2n) is 19.9. The van der Waals surface area contributed by atoms with E-state index >= 15 is 0 Å². The molecule has 0 bridgehead atoms. The zero-order valence-electron chi connectivity index (χ0n) is 35.4. The van der Waals surface area contributed by atoms with Gasteiger partial charge in [-0.25, -0.2) is 0 Å². The van der Waals surface area contributed by atoms with Crippen molar-refractivity contribution in [3.05, 3.63) is 150 Å². The standard InChI is InChI=1S/C53H56BN3/c1-35-29-46-48-47(30-35)57-49-42(52(8)27-16-17-28-53(52,57)9)32-37(51(5,6)7)33-44(49)54(48)43-34-41(55(38-20-12-10-13-21-38)39-22-14-11-15-23-39)25-26-45(43)56(46)40-24-18-19-36(31-40)50(2,3)4/h10-15,18-26,29-34H,16-17,27-28H2,1-9H3. The van der Waals surface area contributed by atoms with Crippen LogP contribution in [0.1, 0.15) is 103 Å². The number of hydrogen-bond donors (Lipinski definition) is 0. The monoisotopic (exact) mass is 745 g/mol. The number of rotatable bonds is 4. The van der Waals surface area contributed by atoms with Gasteiger partial charge in [0.15, 0.2) is 0 Å². The average Bonchev–Trinajstić information content (AvgIpc) is 3.40. The van der Waals surface area contributed by atoms with Crippen LogP contribution < -0.4 is 31.1 Å². The van der Waals surface area contributed by atoms with Crippen LogP contribution in [0.4, 0.5) is 45.5 Å². The molecule has 0 aromatic heterocycles. The van der Waals surface area contributed by atoms with Gasteiger partial charge in [0.05, 0.1) is 5.54 Å². The fraction of sp³-hybridized carbons (Fsp3) is 0.321. The van der Waals surface area contributed by atoms with E-state index in [9.17, 15) is 0 Å². The van der Waals surface area contributed by atoms with E-state index in [0.717, 1.165) is 11.4 Å². The maximum Gasteiger partial charge on any atom is 0.252 e. The Morgan fingerprint density at radius 3 is 1.89 bits per heavy atom. The van der Waals surface area contributed by atoms with E-state index in [0.29, 0.717) is 0 Å². The van der Waals surface area contributed by atoms with Gasteiger partial charge in [0.25, 0.3) is 6.71 Å². The summed E-state index contributed by atoms with van der Waals surface area (Å²) in [6.07, 6.45) is 4.95. The van der Waals surface area contributed by atoms with E-state index in [1.165, 1.54) is 92.9 Å². The Hall–Kier alpha value is -5.22. The molecule has 0 radical (unpaired) electrons. The van der Waals surface area contributed by atoms with Crippen molar-refractivity contribution in [3.8, 4) is 0 Å². The predicted octanol–water partition coefficient (Wildman–Crippen LogP) is 12.4. The Balaban J connectivity index is 1.32. The summed E-state index contributed by atoms with van der Waals surface area (Å²) >= 11 is 0. The number of para-hydroxylation sites is 2. The van der Waals surface area contributed by atoms with Gasteiger partial charge in [-0.3, -0.25) is 0 Å². The van der Waals surface area contributed by atoms with Crippen LogP contribution in [0.5, 0.6) is 0 Å². The minimum Gasteiger partial charge on any atom is -0.335 e. The lowest BCUT2D eigenvalue weighted by Crippen LogP contribution is -2.64. The fourth-order valence-corrected chi connectivity index (χ4v) is 11.0. The molecule has 10 rings (SSSR count). The molecule has 3 aliphatic heterocycles. The molecule has 3 nitrogen and oxygen atoms in total. The smallest absolute Gasteiger partial charge is 0.252 e. The molecule has 0 N–H and O–H groups in total. The summed E-state index contributed by atoms with van der Waals surface area (Å²) in [4.78, 5) is 7.90. The summed E-state index contributed by atoms with van der Waals surface area (Å²) in [6, 6.07) is 48.6. The van der Waals surface area contributed by atoms with E-state index in [1.54, 1.807) is 5.56 Å². The highest BCUT2D eigenvalue weighted by atomic mass is 15.3. The normalized spacial score (nSPS) is 20.5. The second-order valence-corrected chi connectivity index (χ2v) is 19.9. The molecule has 4 aliphatic rings. The largest absolute Gasteiger partial charge is 0.335 e. The lowest BCUT2D eigenvalue weighted by atomic mass is 9.33. The van der Waals surface area contributed by atoms with E-state index in [2.05, 4.69) is 204 Å². The first-order valence-electron chi connectivity index (χ1n) is 21.3. The summed E-state index contributed by atoms with van der Waals surface area (Å²) < 4.78 is 0. The molecule has 6 aromatic rings. The highest BCUT2D eigenvalue weighted by Gasteiger charge is 2.61. The molecule has 286 valence electrons. The van der Waals surface area contributed by atoms with Crippen LogP contribution >= 0.6 is 0 Å². The maximum atomic E-state index is 2.87. The van der Waals surface area contributed by atoms with Gasteiger partial charge in [-0.15, -0.1) is 0 Å². The van der Waals surface area contributed by atoms with Crippen molar-refractivity contribution in [2.45, 2.75) is 110 Å². The van der Waals surface area contributed by atoms with Crippen LogP contribution in [0.25, 0.3) is 0 Å².